The molecule has 2 rings (SSSR count). The van der Waals surface area contributed by atoms with Crippen LogP contribution < -0.4 is 19.5 Å². The van der Waals surface area contributed by atoms with Gasteiger partial charge in [-0.2, -0.15) is 0 Å². The molecule has 1 amide bonds. The molecule has 2 aromatic rings. The van der Waals surface area contributed by atoms with Crippen LogP contribution in [0, 0.1) is 0 Å². The number of esters is 1. The van der Waals surface area contributed by atoms with Gasteiger partial charge in [-0.15, -0.1) is 0 Å². The van der Waals surface area contributed by atoms with Crippen LogP contribution in [0.3, 0.4) is 0 Å². The predicted molar refractivity (Wildman–Crippen MR) is 98.8 cm³/mol. The van der Waals surface area contributed by atoms with Gasteiger partial charge in [0.25, 0.3) is 5.91 Å². The molecule has 0 aliphatic carbocycles. The fourth-order valence-corrected chi connectivity index (χ4v) is 2.20. The Morgan fingerprint density at radius 1 is 0.923 bits per heavy atom. The molecule has 0 spiro atoms. The van der Waals surface area contributed by atoms with Crippen molar-refractivity contribution in [3.05, 3.63) is 46.9 Å². The molecule has 8 heteroatoms. The van der Waals surface area contributed by atoms with E-state index in [9.17, 15) is 9.59 Å². The van der Waals surface area contributed by atoms with Crippen LogP contribution in [0.4, 0.5) is 5.69 Å². The van der Waals surface area contributed by atoms with Crippen LogP contribution in [0.15, 0.2) is 46.9 Å². The number of amides is 1. The summed E-state index contributed by atoms with van der Waals surface area (Å²) in [6.45, 7) is -0.718. The van der Waals surface area contributed by atoms with Crippen molar-refractivity contribution in [2.45, 2.75) is 0 Å². The molecule has 0 aliphatic heterocycles. The Morgan fingerprint density at radius 2 is 1.54 bits per heavy atom. The molecule has 0 aliphatic rings. The summed E-state index contributed by atoms with van der Waals surface area (Å²) in [6, 6.07) is 11.9. The number of hydrogen-bond acceptors (Lipinski definition) is 6. The smallest absolute Gasteiger partial charge is 0.344 e. The minimum atomic E-state index is -0.647. The van der Waals surface area contributed by atoms with Crippen LogP contribution in [0.5, 0.6) is 17.2 Å². The van der Waals surface area contributed by atoms with Crippen molar-refractivity contribution in [3.8, 4) is 17.2 Å². The largest absolute Gasteiger partial charge is 0.497 e. The molecule has 0 heterocycles. The van der Waals surface area contributed by atoms with E-state index < -0.39 is 18.5 Å². The quantitative estimate of drug-likeness (QED) is 0.657. The minimum Gasteiger partial charge on any atom is -0.497 e. The van der Waals surface area contributed by atoms with Gasteiger partial charge in [0.2, 0.25) is 0 Å². The van der Waals surface area contributed by atoms with Gasteiger partial charge in [-0.25, -0.2) is 4.79 Å². The lowest BCUT2D eigenvalue weighted by Gasteiger charge is -2.10. The zero-order valence-electron chi connectivity index (χ0n) is 14.3. The van der Waals surface area contributed by atoms with Crippen molar-refractivity contribution >= 4 is 33.5 Å². The highest BCUT2D eigenvalue weighted by atomic mass is 79.9. The van der Waals surface area contributed by atoms with Crippen LogP contribution in [0.25, 0.3) is 0 Å². The normalized spacial score (nSPS) is 9.96. The van der Waals surface area contributed by atoms with Gasteiger partial charge in [0, 0.05) is 28.4 Å². The van der Waals surface area contributed by atoms with Crippen LogP contribution in [-0.4, -0.2) is 39.3 Å². The third-order valence-corrected chi connectivity index (χ3v) is 3.70. The first-order valence-corrected chi connectivity index (χ1v) is 8.36. The molecule has 0 atom stereocenters. The molecule has 0 saturated heterocycles. The summed E-state index contributed by atoms with van der Waals surface area (Å²) >= 11 is 3.30. The number of carbonyl (C=O) groups is 2. The lowest BCUT2D eigenvalue weighted by molar-refractivity contribution is -0.149. The molecule has 138 valence electrons. The molecule has 26 heavy (non-hydrogen) atoms. The Labute approximate surface area is 159 Å². The van der Waals surface area contributed by atoms with E-state index in [1.54, 1.807) is 42.5 Å². The maximum Gasteiger partial charge on any atom is 0.344 e. The van der Waals surface area contributed by atoms with Crippen molar-refractivity contribution < 1.29 is 28.5 Å². The molecule has 0 radical (unpaired) electrons. The second kappa shape index (κ2) is 9.67. The minimum absolute atomic E-state index is 0.290. The summed E-state index contributed by atoms with van der Waals surface area (Å²) in [5, 5.41) is 2.60. The molecule has 0 bridgehead atoms. The fourth-order valence-electron chi connectivity index (χ4n) is 1.94. The molecule has 0 saturated carbocycles. The van der Waals surface area contributed by atoms with Crippen molar-refractivity contribution in [1.82, 2.24) is 0 Å². The number of benzene rings is 2. The summed E-state index contributed by atoms with van der Waals surface area (Å²) in [7, 11) is 3.02. The second-order valence-electron chi connectivity index (χ2n) is 5.05. The van der Waals surface area contributed by atoms with Gasteiger partial charge in [-0.3, -0.25) is 4.79 Å². The summed E-state index contributed by atoms with van der Waals surface area (Å²) in [5.41, 5.74) is 0.466. The van der Waals surface area contributed by atoms with Gasteiger partial charge in [0.05, 0.1) is 14.2 Å². The van der Waals surface area contributed by atoms with Crippen molar-refractivity contribution in [2.24, 2.45) is 0 Å². The molecule has 7 nitrogen and oxygen atoms in total. The number of ether oxygens (including phenoxy) is 4. The van der Waals surface area contributed by atoms with E-state index >= 15 is 0 Å². The summed E-state index contributed by atoms with van der Waals surface area (Å²) < 4.78 is 21.3. The Kier molecular flexibility index (Phi) is 7.28. The number of hydrogen-bond donors (Lipinski definition) is 1. The van der Waals surface area contributed by atoms with Gasteiger partial charge in [0.15, 0.2) is 13.2 Å². The number of halogens is 1. The fraction of sp³-hybridized carbons (Fsp3) is 0.222. The highest BCUT2D eigenvalue weighted by molar-refractivity contribution is 9.10. The average molecular weight is 424 g/mol. The number of nitrogens with one attached hydrogen (secondary N) is 1. The number of methoxy groups -OCH3 is 2. The second-order valence-corrected chi connectivity index (χ2v) is 5.97. The first-order chi connectivity index (χ1) is 12.5. The van der Waals surface area contributed by atoms with Gasteiger partial charge in [-0.1, -0.05) is 15.9 Å². The Balaban J connectivity index is 1.79. The van der Waals surface area contributed by atoms with Crippen LogP contribution in [0.1, 0.15) is 0 Å². The Morgan fingerprint density at radius 3 is 2.12 bits per heavy atom. The van der Waals surface area contributed by atoms with Gasteiger partial charge < -0.3 is 24.3 Å². The molecular weight excluding hydrogens is 406 g/mol. The van der Waals surface area contributed by atoms with Gasteiger partial charge >= 0.3 is 5.97 Å². The topological polar surface area (TPSA) is 83.1 Å². The zero-order chi connectivity index (χ0) is 18.9. The van der Waals surface area contributed by atoms with E-state index in [0.717, 1.165) is 4.47 Å². The van der Waals surface area contributed by atoms with Crippen molar-refractivity contribution in [2.75, 3.05) is 32.8 Å². The number of carbonyl (C=O) groups excluding carboxylic acids is 2. The maximum absolute atomic E-state index is 11.9. The van der Waals surface area contributed by atoms with Crippen LogP contribution >= 0.6 is 15.9 Å². The van der Waals surface area contributed by atoms with E-state index in [1.165, 1.54) is 14.2 Å². The Hall–Kier alpha value is -2.74. The third kappa shape index (κ3) is 6.29. The number of rotatable bonds is 8. The van der Waals surface area contributed by atoms with Crippen molar-refractivity contribution in [3.63, 3.8) is 0 Å². The maximum atomic E-state index is 11.9. The van der Waals surface area contributed by atoms with E-state index in [0.29, 0.717) is 22.9 Å². The predicted octanol–water partition coefficient (Wildman–Crippen LogP) is 3.03. The Bertz CT molecular complexity index is 741. The van der Waals surface area contributed by atoms with Gasteiger partial charge in [-0.05, 0) is 24.3 Å². The number of anilines is 1. The van der Waals surface area contributed by atoms with E-state index in [4.69, 9.17) is 18.9 Å². The van der Waals surface area contributed by atoms with E-state index in [-0.39, 0.29) is 6.61 Å². The van der Waals surface area contributed by atoms with E-state index in [1.807, 2.05) is 0 Å². The molecule has 0 aromatic heterocycles. The van der Waals surface area contributed by atoms with E-state index in [2.05, 4.69) is 21.2 Å². The summed E-state index contributed by atoms with van der Waals surface area (Å²) in [6.07, 6.45) is 0. The third-order valence-electron chi connectivity index (χ3n) is 3.17. The van der Waals surface area contributed by atoms with Crippen LogP contribution in [0.2, 0.25) is 0 Å². The monoisotopic (exact) mass is 423 g/mol. The first kappa shape index (κ1) is 19.6. The average Bonchev–Trinajstić information content (AvgIpc) is 2.65. The van der Waals surface area contributed by atoms with Gasteiger partial charge in [0.1, 0.15) is 17.2 Å². The summed E-state index contributed by atoms with van der Waals surface area (Å²) in [4.78, 5) is 23.6. The summed E-state index contributed by atoms with van der Waals surface area (Å²) in [5.74, 6) is 0.445. The zero-order valence-corrected chi connectivity index (χ0v) is 15.9. The SMILES string of the molecule is COc1cc(NC(=O)COC(=O)COc2ccc(Br)cc2)cc(OC)c1. The molecule has 1 N–H and O–H groups in total. The highest BCUT2D eigenvalue weighted by Crippen LogP contribution is 2.25. The first-order valence-electron chi connectivity index (χ1n) is 7.57. The standard InChI is InChI=1S/C18H18BrNO6/c1-23-15-7-13(8-16(9-15)24-2)20-17(21)10-26-18(22)11-25-14-5-3-12(19)4-6-14/h3-9H,10-11H2,1-2H3,(H,20,21). The van der Waals surface area contributed by atoms with Crippen molar-refractivity contribution in [1.29, 1.82) is 0 Å². The molecule has 0 fully saturated rings. The highest BCUT2D eigenvalue weighted by Gasteiger charge is 2.10. The molecular formula is C18H18BrNO6. The molecule has 0 unspecified atom stereocenters. The molecule has 2 aromatic carbocycles. The lowest BCUT2D eigenvalue weighted by Crippen LogP contribution is -2.23. The van der Waals surface area contributed by atoms with Crippen LogP contribution in [-0.2, 0) is 14.3 Å². The lowest BCUT2D eigenvalue weighted by atomic mass is 10.2.